The number of carboxylic acid groups (broad SMARTS) is 1. The van der Waals surface area contributed by atoms with Gasteiger partial charge in [0.2, 0.25) is 5.91 Å². The van der Waals surface area contributed by atoms with Gasteiger partial charge in [-0.3, -0.25) is 14.4 Å². The lowest BCUT2D eigenvalue weighted by atomic mass is 10.0. The van der Waals surface area contributed by atoms with E-state index < -0.39 is 48.5 Å². The topological polar surface area (TPSA) is 148 Å². The Morgan fingerprint density at radius 3 is 1.92 bits per heavy atom. The van der Waals surface area contributed by atoms with Gasteiger partial charge in [-0.05, 0) is 95.1 Å². The zero-order chi connectivity index (χ0) is 37.4. The van der Waals surface area contributed by atoms with Crippen molar-refractivity contribution < 1.29 is 46.9 Å². The Bertz CT molecular complexity index is 2070. The molecule has 52 heavy (non-hydrogen) atoms. The monoisotopic (exact) mass is 711 g/mol. The summed E-state index contributed by atoms with van der Waals surface area (Å²) in [5.41, 5.74) is 8.22. The summed E-state index contributed by atoms with van der Waals surface area (Å²) in [5, 5.41) is 12.0. The Kier molecular flexibility index (Phi) is 11.2. The summed E-state index contributed by atoms with van der Waals surface area (Å²) in [6.07, 6.45) is -5.27. The lowest BCUT2D eigenvalue weighted by molar-refractivity contribution is -0.139. The molecule has 0 saturated carbocycles. The molecule has 0 bridgehead atoms. The van der Waals surface area contributed by atoms with Crippen LogP contribution in [0.15, 0.2) is 115 Å². The molecule has 0 atom stereocenters. The minimum absolute atomic E-state index is 0.000567. The van der Waals surface area contributed by atoms with E-state index in [0.717, 1.165) is 22.1 Å². The van der Waals surface area contributed by atoms with Crippen molar-refractivity contribution in [2.24, 2.45) is 0 Å². The number of benzene rings is 5. The standard InChI is InChI=1S/C39H32F3N3O7/c1-51-33-19-12-29(34(21-33)39(40,41)42)20-35(46)44-31-15-10-27(11-16-31)37(49)45(23-36(47)48)22-24-2-17-32(18-3-24)52-38(50)28-6-4-25(5-7-28)26-8-13-30(43)14-9-26/h2-19,21H,20,22-23,43H2,1H3,(H,44,46)(H,47,48). The van der Waals surface area contributed by atoms with Crippen molar-refractivity contribution in [3.8, 4) is 22.6 Å². The van der Waals surface area contributed by atoms with Gasteiger partial charge in [-0.25, -0.2) is 4.79 Å². The molecular formula is C39H32F3N3O7. The van der Waals surface area contributed by atoms with Crippen LogP contribution < -0.4 is 20.5 Å². The lowest BCUT2D eigenvalue weighted by Crippen LogP contribution is -2.35. The van der Waals surface area contributed by atoms with Crippen molar-refractivity contribution >= 4 is 35.1 Å². The van der Waals surface area contributed by atoms with Crippen LogP contribution in [0.3, 0.4) is 0 Å². The van der Waals surface area contributed by atoms with Crippen LogP contribution in [-0.2, 0) is 28.7 Å². The summed E-state index contributed by atoms with van der Waals surface area (Å²) in [7, 11) is 1.24. The van der Waals surface area contributed by atoms with Gasteiger partial charge in [0.05, 0.1) is 24.7 Å². The predicted molar refractivity (Wildman–Crippen MR) is 187 cm³/mol. The van der Waals surface area contributed by atoms with Gasteiger partial charge in [0, 0.05) is 23.5 Å². The molecule has 0 aliphatic carbocycles. The first-order valence-electron chi connectivity index (χ1n) is 15.7. The van der Waals surface area contributed by atoms with Crippen LogP contribution in [0.2, 0.25) is 0 Å². The number of carbonyl (C=O) groups is 4. The van der Waals surface area contributed by atoms with Gasteiger partial charge in [-0.2, -0.15) is 13.2 Å². The van der Waals surface area contributed by atoms with Crippen LogP contribution in [0.25, 0.3) is 11.1 Å². The quantitative estimate of drug-likeness (QED) is 0.0706. The smallest absolute Gasteiger partial charge is 0.416 e. The Balaban J connectivity index is 1.19. The number of methoxy groups -OCH3 is 1. The normalized spacial score (nSPS) is 11.0. The first kappa shape index (κ1) is 36.6. The number of carboxylic acids is 1. The molecule has 266 valence electrons. The average molecular weight is 712 g/mol. The number of amides is 2. The fourth-order valence-electron chi connectivity index (χ4n) is 5.24. The number of anilines is 2. The van der Waals surface area contributed by atoms with Gasteiger partial charge in [0.25, 0.3) is 5.91 Å². The Morgan fingerprint density at radius 2 is 1.35 bits per heavy atom. The summed E-state index contributed by atoms with van der Waals surface area (Å²) in [5.74, 6) is -2.92. The highest BCUT2D eigenvalue weighted by Gasteiger charge is 2.34. The largest absolute Gasteiger partial charge is 0.497 e. The summed E-state index contributed by atoms with van der Waals surface area (Å²) in [4.78, 5) is 51.4. The molecule has 0 spiro atoms. The number of nitrogens with zero attached hydrogens (tertiary/aromatic N) is 1. The minimum Gasteiger partial charge on any atom is -0.497 e. The molecule has 4 N–H and O–H groups in total. The van der Waals surface area contributed by atoms with Crippen LogP contribution in [0.1, 0.15) is 37.4 Å². The highest BCUT2D eigenvalue weighted by atomic mass is 19.4. The van der Waals surface area contributed by atoms with Gasteiger partial charge >= 0.3 is 18.1 Å². The maximum atomic E-state index is 13.5. The number of hydrogen-bond donors (Lipinski definition) is 3. The van der Waals surface area contributed by atoms with Crippen LogP contribution in [0.5, 0.6) is 11.5 Å². The molecule has 0 fully saturated rings. The van der Waals surface area contributed by atoms with E-state index in [1.165, 1.54) is 55.6 Å². The molecule has 0 aliphatic rings. The SMILES string of the molecule is COc1ccc(CC(=O)Nc2ccc(C(=O)N(CC(=O)O)Cc3ccc(OC(=O)c4ccc(-c5ccc(N)cc5)cc4)cc3)cc2)c(C(F)(F)F)c1. The summed E-state index contributed by atoms with van der Waals surface area (Å²) in [6.45, 7) is -0.711. The molecule has 5 rings (SSSR count). The molecule has 0 heterocycles. The van der Waals surface area contributed by atoms with E-state index in [9.17, 15) is 37.5 Å². The zero-order valence-corrected chi connectivity index (χ0v) is 27.6. The van der Waals surface area contributed by atoms with E-state index >= 15 is 0 Å². The van der Waals surface area contributed by atoms with E-state index in [1.54, 1.807) is 48.5 Å². The molecule has 0 aliphatic heterocycles. The third-order valence-electron chi connectivity index (χ3n) is 7.87. The number of esters is 1. The molecule has 0 unspecified atom stereocenters. The number of nitrogens with two attached hydrogens (primary N) is 1. The van der Waals surface area contributed by atoms with Crippen molar-refractivity contribution in [1.29, 1.82) is 0 Å². The van der Waals surface area contributed by atoms with Crippen molar-refractivity contribution in [3.63, 3.8) is 0 Å². The van der Waals surface area contributed by atoms with Crippen molar-refractivity contribution in [1.82, 2.24) is 4.90 Å². The van der Waals surface area contributed by atoms with Gasteiger partial charge in [-0.15, -0.1) is 0 Å². The van der Waals surface area contributed by atoms with Crippen molar-refractivity contribution in [2.45, 2.75) is 19.1 Å². The summed E-state index contributed by atoms with van der Waals surface area (Å²) >= 11 is 0. The molecule has 2 amide bonds. The second-order valence-corrected chi connectivity index (χ2v) is 11.6. The lowest BCUT2D eigenvalue weighted by Gasteiger charge is -2.21. The van der Waals surface area contributed by atoms with Crippen LogP contribution >= 0.6 is 0 Å². The number of nitrogens with one attached hydrogen (secondary N) is 1. The molecular weight excluding hydrogens is 679 g/mol. The second kappa shape index (κ2) is 15.9. The van der Waals surface area contributed by atoms with E-state index in [1.807, 2.05) is 12.1 Å². The van der Waals surface area contributed by atoms with E-state index in [2.05, 4.69) is 5.32 Å². The minimum atomic E-state index is -4.70. The maximum Gasteiger partial charge on any atom is 0.416 e. The van der Waals surface area contributed by atoms with E-state index in [4.69, 9.17) is 15.2 Å². The fraction of sp³-hybridized carbons (Fsp3) is 0.128. The zero-order valence-electron chi connectivity index (χ0n) is 27.6. The third-order valence-corrected chi connectivity index (χ3v) is 7.87. The number of aliphatic carboxylic acids is 1. The average Bonchev–Trinajstić information content (AvgIpc) is 3.12. The van der Waals surface area contributed by atoms with Crippen molar-refractivity contribution in [2.75, 3.05) is 24.7 Å². The van der Waals surface area contributed by atoms with Crippen molar-refractivity contribution in [3.05, 3.63) is 143 Å². The number of carbonyl (C=O) groups excluding carboxylic acids is 3. The predicted octanol–water partition coefficient (Wildman–Crippen LogP) is 7.09. The number of hydrogen-bond acceptors (Lipinski definition) is 7. The maximum absolute atomic E-state index is 13.5. The number of nitrogen functional groups attached to an aromatic ring is 1. The molecule has 5 aromatic rings. The second-order valence-electron chi connectivity index (χ2n) is 11.6. The highest BCUT2D eigenvalue weighted by molar-refractivity contribution is 5.97. The van der Waals surface area contributed by atoms with Crippen LogP contribution in [0, 0.1) is 0 Å². The molecule has 0 radical (unpaired) electrons. The molecule has 0 saturated heterocycles. The van der Waals surface area contributed by atoms with Gasteiger partial charge in [-0.1, -0.05) is 42.5 Å². The third kappa shape index (κ3) is 9.53. The summed E-state index contributed by atoms with van der Waals surface area (Å²) in [6, 6.07) is 29.3. The number of halogens is 3. The highest BCUT2D eigenvalue weighted by Crippen LogP contribution is 2.35. The Hall–Kier alpha value is -6.63. The van der Waals surface area contributed by atoms with E-state index in [-0.39, 0.29) is 34.9 Å². The first-order chi connectivity index (χ1) is 24.8. The van der Waals surface area contributed by atoms with E-state index in [0.29, 0.717) is 16.8 Å². The van der Waals surface area contributed by atoms with Crippen LogP contribution in [0.4, 0.5) is 24.5 Å². The van der Waals surface area contributed by atoms with Gasteiger partial charge in [0.15, 0.2) is 0 Å². The van der Waals surface area contributed by atoms with Gasteiger partial charge < -0.3 is 30.5 Å². The number of rotatable bonds is 12. The van der Waals surface area contributed by atoms with Gasteiger partial charge in [0.1, 0.15) is 18.0 Å². The van der Waals surface area contributed by atoms with Crippen LogP contribution in [-0.4, -0.2) is 47.4 Å². The Labute approximate surface area is 296 Å². The Morgan fingerprint density at radius 1 is 0.769 bits per heavy atom. The molecule has 13 heteroatoms. The molecule has 10 nitrogen and oxygen atoms in total. The molecule has 0 aromatic heterocycles. The molecule has 5 aromatic carbocycles. The summed E-state index contributed by atoms with van der Waals surface area (Å²) < 4.78 is 51.0. The number of ether oxygens (including phenoxy) is 2. The fourth-order valence-corrected chi connectivity index (χ4v) is 5.24. The first-order valence-corrected chi connectivity index (χ1v) is 15.7. The number of alkyl halides is 3.